The van der Waals surface area contributed by atoms with Gasteiger partial charge >= 0.3 is 0 Å². The van der Waals surface area contributed by atoms with Crippen LogP contribution in [0.2, 0.25) is 0 Å². The summed E-state index contributed by atoms with van der Waals surface area (Å²) in [6, 6.07) is 3.76. The number of rotatable bonds is 2. The fourth-order valence-corrected chi connectivity index (χ4v) is 1.53. The van der Waals surface area contributed by atoms with Crippen molar-refractivity contribution in [1.82, 2.24) is 0 Å². The SMILES string of the molecule is O=[N+]([O-])c1cc(S(=O)O)ccc1Br. The number of hydrogen-bond acceptors (Lipinski definition) is 3. The van der Waals surface area contributed by atoms with E-state index in [4.69, 9.17) is 4.55 Å². The van der Waals surface area contributed by atoms with Crippen LogP contribution in [0, 0.1) is 10.1 Å². The van der Waals surface area contributed by atoms with Gasteiger partial charge in [-0.25, -0.2) is 4.21 Å². The quantitative estimate of drug-likeness (QED) is 0.504. The summed E-state index contributed by atoms with van der Waals surface area (Å²) in [7, 11) is 0. The zero-order valence-corrected chi connectivity index (χ0v) is 8.54. The Labute approximate surface area is 84.3 Å². The largest absolute Gasteiger partial charge is 0.302 e. The van der Waals surface area contributed by atoms with E-state index in [1.54, 1.807) is 0 Å². The highest BCUT2D eigenvalue weighted by Gasteiger charge is 2.13. The lowest BCUT2D eigenvalue weighted by Gasteiger charge is -1.97. The molecule has 70 valence electrons. The van der Waals surface area contributed by atoms with Crippen molar-refractivity contribution in [2.75, 3.05) is 0 Å². The molecule has 1 aromatic rings. The second-order valence-electron chi connectivity index (χ2n) is 2.12. The summed E-state index contributed by atoms with van der Waals surface area (Å²) in [5, 5.41) is 10.4. The second-order valence-corrected chi connectivity index (χ2v) is 3.94. The minimum atomic E-state index is -2.19. The molecule has 0 aliphatic heterocycles. The molecule has 0 saturated carbocycles. The van der Waals surface area contributed by atoms with Crippen LogP contribution in [0.4, 0.5) is 5.69 Å². The van der Waals surface area contributed by atoms with Crippen LogP contribution in [-0.4, -0.2) is 13.7 Å². The third kappa shape index (κ3) is 2.33. The van der Waals surface area contributed by atoms with Crippen molar-refractivity contribution in [3.8, 4) is 0 Å². The summed E-state index contributed by atoms with van der Waals surface area (Å²) in [5.41, 5.74) is -0.222. The molecule has 0 aromatic heterocycles. The van der Waals surface area contributed by atoms with Crippen LogP contribution in [0.5, 0.6) is 0 Å². The first-order valence-electron chi connectivity index (χ1n) is 3.07. The average molecular weight is 266 g/mol. The molecule has 1 atom stereocenters. The highest BCUT2D eigenvalue weighted by atomic mass is 79.9. The van der Waals surface area contributed by atoms with Crippen molar-refractivity contribution in [2.45, 2.75) is 4.90 Å². The minimum absolute atomic E-state index is 0.00917. The maximum Gasteiger partial charge on any atom is 0.284 e. The lowest BCUT2D eigenvalue weighted by molar-refractivity contribution is -0.385. The van der Waals surface area contributed by atoms with Crippen molar-refractivity contribution in [2.24, 2.45) is 0 Å². The molecule has 0 heterocycles. The van der Waals surface area contributed by atoms with E-state index in [0.717, 1.165) is 6.07 Å². The zero-order valence-electron chi connectivity index (χ0n) is 6.14. The number of hydrogen-bond donors (Lipinski definition) is 1. The van der Waals surface area contributed by atoms with Crippen molar-refractivity contribution in [3.05, 3.63) is 32.8 Å². The van der Waals surface area contributed by atoms with E-state index < -0.39 is 16.0 Å². The summed E-state index contributed by atoms with van der Waals surface area (Å²) >= 11 is 0.769. The topological polar surface area (TPSA) is 80.4 Å². The fourth-order valence-electron chi connectivity index (χ4n) is 0.741. The second kappa shape index (κ2) is 3.95. The van der Waals surface area contributed by atoms with Gasteiger partial charge in [-0.3, -0.25) is 10.1 Å². The average Bonchev–Trinajstić information content (AvgIpc) is 2.04. The van der Waals surface area contributed by atoms with Crippen molar-refractivity contribution in [3.63, 3.8) is 0 Å². The van der Waals surface area contributed by atoms with E-state index in [9.17, 15) is 14.3 Å². The molecule has 0 aliphatic carbocycles. The van der Waals surface area contributed by atoms with Gasteiger partial charge in [0, 0.05) is 6.07 Å². The zero-order chi connectivity index (χ0) is 10.0. The first-order valence-corrected chi connectivity index (χ1v) is 4.97. The lowest BCUT2D eigenvalue weighted by Crippen LogP contribution is -1.93. The van der Waals surface area contributed by atoms with Crippen molar-refractivity contribution >= 4 is 32.7 Å². The van der Waals surface area contributed by atoms with E-state index in [1.807, 2.05) is 0 Å². The molecule has 13 heavy (non-hydrogen) atoms. The smallest absolute Gasteiger partial charge is 0.284 e. The Hall–Kier alpha value is -0.790. The summed E-state index contributed by atoms with van der Waals surface area (Å²) in [6.07, 6.45) is 0. The fraction of sp³-hybridized carbons (Fsp3) is 0. The minimum Gasteiger partial charge on any atom is -0.302 e. The summed E-state index contributed by atoms with van der Waals surface area (Å²) in [5.74, 6) is 0. The molecular formula is C6H4BrNO4S. The highest BCUT2D eigenvalue weighted by Crippen LogP contribution is 2.26. The number of nitro benzene ring substituents is 1. The van der Waals surface area contributed by atoms with Gasteiger partial charge in [0.1, 0.15) is 0 Å². The Morgan fingerprint density at radius 2 is 2.15 bits per heavy atom. The molecule has 0 spiro atoms. The van der Waals surface area contributed by atoms with Crippen LogP contribution in [-0.2, 0) is 11.1 Å². The van der Waals surface area contributed by atoms with Gasteiger partial charge in [0.15, 0.2) is 11.1 Å². The van der Waals surface area contributed by atoms with Gasteiger partial charge in [0.05, 0.1) is 14.3 Å². The number of nitro groups is 1. The summed E-state index contributed by atoms with van der Waals surface area (Å²) in [6.45, 7) is 0. The Morgan fingerprint density at radius 1 is 1.54 bits per heavy atom. The monoisotopic (exact) mass is 265 g/mol. The predicted molar refractivity (Wildman–Crippen MR) is 49.8 cm³/mol. The molecule has 1 aromatic carbocycles. The molecule has 1 unspecified atom stereocenters. The molecule has 5 nitrogen and oxygen atoms in total. The number of nitrogens with zero attached hydrogens (tertiary/aromatic N) is 1. The van der Waals surface area contributed by atoms with Crippen LogP contribution in [0.25, 0.3) is 0 Å². The van der Waals surface area contributed by atoms with Crippen molar-refractivity contribution < 1.29 is 13.7 Å². The molecule has 0 bridgehead atoms. The van der Waals surface area contributed by atoms with E-state index >= 15 is 0 Å². The third-order valence-corrected chi connectivity index (χ3v) is 2.64. The van der Waals surface area contributed by atoms with Gasteiger partial charge in [-0.05, 0) is 28.1 Å². The van der Waals surface area contributed by atoms with Crippen LogP contribution >= 0.6 is 15.9 Å². The van der Waals surface area contributed by atoms with Crippen LogP contribution in [0.3, 0.4) is 0 Å². The Kier molecular flexibility index (Phi) is 3.12. The molecule has 1 N–H and O–H groups in total. The number of halogens is 1. The van der Waals surface area contributed by atoms with E-state index in [0.29, 0.717) is 0 Å². The molecule has 0 amide bonds. The van der Waals surface area contributed by atoms with Gasteiger partial charge in [-0.15, -0.1) is 0 Å². The molecule has 7 heteroatoms. The van der Waals surface area contributed by atoms with Gasteiger partial charge in [0.25, 0.3) is 5.69 Å². The van der Waals surface area contributed by atoms with Gasteiger partial charge in [0.2, 0.25) is 0 Å². The highest BCUT2D eigenvalue weighted by molar-refractivity contribution is 9.10. The first kappa shape index (κ1) is 10.3. The number of benzene rings is 1. The normalized spacial score (nSPS) is 12.5. The van der Waals surface area contributed by atoms with Crippen molar-refractivity contribution in [1.29, 1.82) is 0 Å². The van der Waals surface area contributed by atoms with Crippen LogP contribution in [0.1, 0.15) is 0 Å². The van der Waals surface area contributed by atoms with E-state index in [-0.39, 0.29) is 15.1 Å². The standard InChI is InChI=1S/C6H4BrNO4S/c7-5-2-1-4(13(11)12)3-6(5)8(9)10/h1-3H,(H,11,12). The Morgan fingerprint density at radius 3 is 2.62 bits per heavy atom. The molecule has 0 radical (unpaired) electrons. The van der Waals surface area contributed by atoms with Gasteiger partial charge < -0.3 is 4.55 Å². The molecule has 0 aliphatic rings. The van der Waals surface area contributed by atoms with E-state index in [2.05, 4.69) is 15.9 Å². The van der Waals surface area contributed by atoms with Crippen LogP contribution in [0.15, 0.2) is 27.6 Å². The van der Waals surface area contributed by atoms with Gasteiger partial charge in [-0.2, -0.15) is 0 Å². The maximum atomic E-state index is 10.6. The molecule has 1 rings (SSSR count). The predicted octanol–water partition coefficient (Wildman–Crippen LogP) is 1.94. The molecular weight excluding hydrogens is 262 g/mol. The van der Waals surface area contributed by atoms with E-state index in [1.165, 1.54) is 12.1 Å². The maximum absolute atomic E-state index is 10.6. The third-order valence-electron chi connectivity index (χ3n) is 1.32. The van der Waals surface area contributed by atoms with Gasteiger partial charge in [-0.1, -0.05) is 0 Å². The lowest BCUT2D eigenvalue weighted by atomic mass is 10.3. The first-order chi connectivity index (χ1) is 6.02. The Balaban J connectivity index is 3.27. The molecule has 0 fully saturated rings. The summed E-state index contributed by atoms with van der Waals surface area (Å²) < 4.78 is 19.5. The van der Waals surface area contributed by atoms with Crippen LogP contribution < -0.4 is 0 Å². The Bertz CT molecular complexity index is 381. The summed E-state index contributed by atoms with van der Waals surface area (Å²) in [4.78, 5) is 9.78. The molecule has 0 saturated heterocycles.